The van der Waals surface area contributed by atoms with Gasteiger partial charge in [-0.25, -0.2) is 4.79 Å². The van der Waals surface area contributed by atoms with Crippen LogP contribution in [0.3, 0.4) is 0 Å². The summed E-state index contributed by atoms with van der Waals surface area (Å²) in [5.74, 6) is 0.829. The normalized spacial score (nSPS) is 14.9. The van der Waals surface area contributed by atoms with Gasteiger partial charge in [0.2, 0.25) is 0 Å². The zero-order valence-corrected chi connectivity index (χ0v) is 13.6. The van der Waals surface area contributed by atoms with Crippen LogP contribution in [0.2, 0.25) is 0 Å². The van der Waals surface area contributed by atoms with E-state index in [1.54, 1.807) is 12.0 Å². The minimum Gasteiger partial charge on any atom is -0.497 e. The number of hydrogen-bond acceptors (Lipinski definition) is 2. The van der Waals surface area contributed by atoms with Crippen molar-refractivity contribution in [1.29, 1.82) is 0 Å². The largest absolute Gasteiger partial charge is 0.497 e. The molecule has 2 aromatic rings. The van der Waals surface area contributed by atoms with Crippen molar-refractivity contribution in [1.82, 2.24) is 5.32 Å². The summed E-state index contributed by atoms with van der Waals surface area (Å²) in [6.07, 6.45) is 1.94. The van der Waals surface area contributed by atoms with Gasteiger partial charge in [0.1, 0.15) is 5.75 Å². The Morgan fingerprint density at radius 3 is 2.30 bits per heavy atom. The fourth-order valence-corrected chi connectivity index (χ4v) is 2.84. The highest BCUT2D eigenvalue weighted by molar-refractivity contribution is 5.92. The van der Waals surface area contributed by atoms with Crippen molar-refractivity contribution in [2.45, 2.75) is 25.3 Å². The van der Waals surface area contributed by atoms with Crippen LogP contribution in [0.15, 0.2) is 54.6 Å². The maximum Gasteiger partial charge on any atom is 0.322 e. The van der Waals surface area contributed by atoms with Gasteiger partial charge >= 0.3 is 6.03 Å². The maximum atomic E-state index is 12.7. The zero-order valence-electron chi connectivity index (χ0n) is 13.6. The quantitative estimate of drug-likeness (QED) is 0.909. The van der Waals surface area contributed by atoms with E-state index in [2.05, 4.69) is 5.32 Å². The summed E-state index contributed by atoms with van der Waals surface area (Å²) < 4.78 is 5.20. The number of nitrogens with zero attached hydrogens (tertiary/aromatic N) is 1. The fourth-order valence-electron chi connectivity index (χ4n) is 2.84. The third-order valence-corrected chi connectivity index (χ3v) is 4.37. The number of para-hydroxylation sites is 1. The van der Waals surface area contributed by atoms with Crippen LogP contribution < -0.4 is 15.0 Å². The smallest absolute Gasteiger partial charge is 0.322 e. The highest BCUT2D eigenvalue weighted by Crippen LogP contribution is 2.46. The lowest BCUT2D eigenvalue weighted by Gasteiger charge is -2.26. The first-order valence-corrected chi connectivity index (χ1v) is 7.98. The van der Waals surface area contributed by atoms with Crippen LogP contribution >= 0.6 is 0 Å². The van der Waals surface area contributed by atoms with E-state index >= 15 is 0 Å². The Labute approximate surface area is 137 Å². The molecule has 4 nitrogen and oxygen atoms in total. The maximum absolute atomic E-state index is 12.7. The molecule has 0 aliphatic heterocycles. The molecule has 2 aromatic carbocycles. The molecule has 1 aliphatic rings. The highest BCUT2D eigenvalue weighted by Gasteiger charge is 2.46. The molecule has 120 valence electrons. The molecule has 2 amide bonds. The molecule has 1 saturated carbocycles. The first-order valence-electron chi connectivity index (χ1n) is 7.98. The SMILES string of the molecule is CCN(C(=O)NC1(c2ccc(OC)cc2)CC1)c1ccccc1. The molecule has 0 saturated heterocycles. The van der Waals surface area contributed by atoms with Gasteiger partial charge in [0.25, 0.3) is 0 Å². The molecule has 3 rings (SSSR count). The standard InChI is InChI=1S/C19H22N2O2/c1-3-21(16-7-5-4-6-8-16)18(22)20-19(13-14-19)15-9-11-17(23-2)12-10-15/h4-12H,3,13-14H2,1-2H3,(H,20,22). The second-order valence-corrected chi connectivity index (χ2v) is 5.82. The first-order chi connectivity index (χ1) is 11.2. The van der Waals surface area contributed by atoms with Gasteiger partial charge in [0.05, 0.1) is 12.6 Å². The Morgan fingerprint density at radius 2 is 1.78 bits per heavy atom. The molecule has 1 fully saturated rings. The highest BCUT2D eigenvalue weighted by atomic mass is 16.5. The van der Waals surface area contributed by atoms with Crippen LogP contribution in [0.4, 0.5) is 10.5 Å². The van der Waals surface area contributed by atoms with Crippen molar-refractivity contribution in [2.24, 2.45) is 0 Å². The molecule has 0 heterocycles. The van der Waals surface area contributed by atoms with E-state index in [1.165, 1.54) is 0 Å². The van der Waals surface area contributed by atoms with Gasteiger partial charge in [0, 0.05) is 12.2 Å². The molecule has 0 aromatic heterocycles. The van der Waals surface area contributed by atoms with Crippen LogP contribution in [0.1, 0.15) is 25.3 Å². The van der Waals surface area contributed by atoms with Crippen LogP contribution in [0, 0.1) is 0 Å². The lowest BCUT2D eigenvalue weighted by molar-refractivity contribution is 0.241. The number of ether oxygens (including phenoxy) is 1. The predicted octanol–water partition coefficient (Wildman–Crippen LogP) is 3.92. The molecule has 4 heteroatoms. The van der Waals surface area contributed by atoms with E-state index in [0.29, 0.717) is 6.54 Å². The molecule has 23 heavy (non-hydrogen) atoms. The number of methoxy groups -OCH3 is 1. The summed E-state index contributed by atoms with van der Waals surface area (Å²) in [5.41, 5.74) is 1.82. The van der Waals surface area contributed by atoms with Crippen LogP contribution in [-0.2, 0) is 5.54 Å². The zero-order chi connectivity index (χ0) is 16.3. The number of nitrogens with one attached hydrogen (secondary N) is 1. The van der Waals surface area contributed by atoms with Crippen LogP contribution in [0.5, 0.6) is 5.75 Å². The number of amides is 2. The molecule has 0 unspecified atom stereocenters. The number of hydrogen-bond donors (Lipinski definition) is 1. The molecule has 1 N–H and O–H groups in total. The Kier molecular flexibility index (Phi) is 4.24. The lowest BCUT2D eigenvalue weighted by Crippen LogP contribution is -2.45. The molecule has 1 aliphatic carbocycles. The first kappa shape index (κ1) is 15.4. The van der Waals surface area contributed by atoms with Crippen molar-refractivity contribution in [3.8, 4) is 5.75 Å². The molecule has 0 bridgehead atoms. The van der Waals surface area contributed by atoms with Crippen molar-refractivity contribution >= 4 is 11.7 Å². The van der Waals surface area contributed by atoms with Gasteiger partial charge in [-0.05, 0) is 49.6 Å². The van der Waals surface area contributed by atoms with Crippen molar-refractivity contribution in [3.05, 3.63) is 60.2 Å². The van der Waals surface area contributed by atoms with Crippen LogP contribution in [0.25, 0.3) is 0 Å². The van der Waals surface area contributed by atoms with Gasteiger partial charge in [-0.3, -0.25) is 4.90 Å². The Hall–Kier alpha value is -2.49. The van der Waals surface area contributed by atoms with E-state index in [1.807, 2.05) is 61.5 Å². The average Bonchev–Trinajstić information content (AvgIpc) is 3.37. The average molecular weight is 310 g/mol. The number of carbonyl (C=O) groups excluding carboxylic acids is 1. The molecule has 0 atom stereocenters. The third-order valence-electron chi connectivity index (χ3n) is 4.37. The van der Waals surface area contributed by atoms with Crippen molar-refractivity contribution < 1.29 is 9.53 Å². The second-order valence-electron chi connectivity index (χ2n) is 5.82. The molecule has 0 spiro atoms. The topological polar surface area (TPSA) is 41.6 Å². The van der Waals surface area contributed by atoms with E-state index in [-0.39, 0.29) is 11.6 Å². The van der Waals surface area contributed by atoms with Crippen molar-refractivity contribution in [2.75, 3.05) is 18.6 Å². The predicted molar refractivity (Wildman–Crippen MR) is 91.9 cm³/mol. The summed E-state index contributed by atoms with van der Waals surface area (Å²) in [5, 5.41) is 3.22. The van der Waals surface area contributed by atoms with Gasteiger partial charge in [-0.1, -0.05) is 30.3 Å². The minimum atomic E-state index is -0.231. The molecular weight excluding hydrogens is 288 g/mol. The molecular formula is C19H22N2O2. The summed E-state index contributed by atoms with van der Waals surface area (Å²) in [6.45, 7) is 2.62. The second kappa shape index (κ2) is 6.32. The van der Waals surface area contributed by atoms with E-state index in [0.717, 1.165) is 29.8 Å². The minimum absolute atomic E-state index is 0.0491. The fraction of sp³-hybridized carbons (Fsp3) is 0.316. The Morgan fingerprint density at radius 1 is 1.13 bits per heavy atom. The van der Waals surface area contributed by atoms with E-state index < -0.39 is 0 Å². The number of carbonyl (C=O) groups is 1. The summed E-state index contributed by atoms with van der Waals surface area (Å²) >= 11 is 0. The lowest BCUT2D eigenvalue weighted by atomic mass is 10.0. The number of rotatable bonds is 5. The van der Waals surface area contributed by atoms with E-state index in [4.69, 9.17) is 4.74 Å². The Balaban J connectivity index is 1.75. The van der Waals surface area contributed by atoms with Gasteiger partial charge < -0.3 is 10.1 Å². The van der Waals surface area contributed by atoms with Crippen LogP contribution in [-0.4, -0.2) is 19.7 Å². The van der Waals surface area contributed by atoms with Crippen molar-refractivity contribution in [3.63, 3.8) is 0 Å². The summed E-state index contributed by atoms with van der Waals surface area (Å²) in [4.78, 5) is 14.5. The summed E-state index contributed by atoms with van der Waals surface area (Å²) in [7, 11) is 1.66. The van der Waals surface area contributed by atoms with Gasteiger partial charge in [-0.15, -0.1) is 0 Å². The number of benzene rings is 2. The molecule has 0 radical (unpaired) electrons. The third kappa shape index (κ3) is 3.16. The van der Waals surface area contributed by atoms with Gasteiger partial charge in [0.15, 0.2) is 0 Å². The number of anilines is 1. The van der Waals surface area contributed by atoms with E-state index in [9.17, 15) is 4.79 Å². The summed E-state index contributed by atoms with van der Waals surface area (Å²) in [6, 6.07) is 17.7. The number of urea groups is 1. The Bertz CT molecular complexity index is 664. The monoisotopic (exact) mass is 310 g/mol. The van der Waals surface area contributed by atoms with Gasteiger partial charge in [-0.2, -0.15) is 0 Å².